The van der Waals surface area contributed by atoms with E-state index in [1.54, 1.807) is 20.8 Å². The van der Waals surface area contributed by atoms with Crippen LogP contribution in [0.5, 0.6) is 0 Å². The summed E-state index contributed by atoms with van der Waals surface area (Å²) in [6, 6.07) is 0. The second-order valence-corrected chi connectivity index (χ2v) is 6.17. The lowest BCUT2D eigenvalue weighted by atomic mass is 9.82. The molecule has 0 saturated carbocycles. The van der Waals surface area contributed by atoms with Crippen LogP contribution in [0.25, 0.3) is 0 Å². The molecule has 2 amide bonds. The third-order valence-electron chi connectivity index (χ3n) is 3.30. The van der Waals surface area contributed by atoms with Gasteiger partial charge in [0.1, 0.15) is 0 Å². The van der Waals surface area contributed by atoms with Gasteiger partial charge in [-0.1, -0.05) is 54.9 Å². The fraction of sp³-hybridized carbons (Fsp3) is 0.857. The smallest absolute Gasteiger partial charge is 0.231 e. The van der Waals surface area contributed by atoms with Crippen LogP contribution in [0.4, 0.5) is 0 Å². The van der Waals surface area contributed by atoms with Crippen LogP contribution in [0.2, 0.25) is 0 Å². The van der Waals surface area contributed by atoms with E-state index in [0.717, 1.165) is 6.42 Å². The van der Waals surface area contributed by atoms with E-state index in [1.807, 2.05) is 6.92 Å². The highest BCUT2D eigenvalue weighted by molar-refractivity contribution is 5.98. The number of nitrogens with one attached hydrogen (secondary N) is 1. The molecule has 3 heteroatoms. The Morgan fingerprint density at radius 2 is 1.59 bits per heavy atom. The minimum Gasteiger partial charge on any atom is -0.296 e. The number of hydrogen-bond acceptors (Lipinski definition) is 2. The summed E-state index contributed by atoms with van der Waals surface area (Å²) >= 11 is 0. The zero-order valence-electron chi connectivity index (χ0n) is 12.3. The molecule has 1 N–H and O–H groups in total. The lowest BCUT2D eigenvalue weighted by Crippen LogP contribution is -2.43. The predicted molar refractivity (Wildman–Crippen MR) is 70.4 cm³/mol. The molecule has 0 radical (unpaired) electrons. The van der Waals surface area contributed by atoms with E-state index in [1.165, 1.54) is 0 Å². The van der Waals surface area contributed by atoms with E-state index < -0.39 is 5.41 Å². The van der Waals surface area contributed by atoms with Crippen LogP contribution in [-0.2, 0) is 9.59 Å². The van der Waals surface area contributed by atoms with Crippen molar-refractivity contribution in [1.29, 1.82) is 0 Å². The molecule has 0 rings (SSSR count). The van der Waals surface area contributed by atoms with Crippen molar-refractivity contribution in [1.82, 2.24) is 5.32 Å². The Balaban J connectivity index is 4.57. The summed E-state index contributed by atoms with van der Waals surface area (Å²) in [7, 11) is 0. The lowest BCUT2D eigenvalue weighted by Gasteiger charge is -2.26. The second-order valence-electron chi connectivity index (χ2n) is 6.17. The Bertz CT molecular complexity index is 276. The Labute approximate surface area is 105 Å². The molecule has 0 aromatic heterocycles. The number of amides is 2. The summed E-state index contributed by atoms with van der Waals surface area (Å²) in [5.41, 5.74) is -0.519. The molecule has 0 aromatic carbocycles. The maximum absolute atomic E-state index is 12.0. The highest BCUT2D eigenvalue weighted by Gasteiger charge is 2.29. The third-order valence-corrected chi connectivity index (χ3v) is 3.30. The number of imide groups is 1. The summed E-state index contributed by atoms with van der Waals surface area (Å²) in [5, 5.41) is 2.51. The molecule has 0 unspecified atom stereocenters. The average molecular weight is 241 g/mol. The highest BCUT2D eigenvalue weighted by Crippen LogP contribution is 2.24. The first kappa shape index (κ1) is 16.1. The Morgan fingerprint density at radius 3 is 1.88 bits per heavy atom. The van der Waals surface area contributed by atoms with Gasteiger partial charge in [-0.3, -0.25) is 14.9 Å². The molecule has 0 aliphatic heterocycles. The van der Waals surface area contributed by atoms with E-state index in [4.69, 9.17) is 0 Å². The zero-order valence-corrected chi connectivity index (χ0v) is 12.3. The first-order valence-corrected chi connectivity index (χ1v) is 6.46. The molecule has 0 aliphatic rings. The van der Waals surface area contributed by atoms with Crippen LogP contribution in [0, 0.1) is 23.2 Å². The molecule has 3 nitrogen and oxygen atoms in total. The summed E-state index contributed by atoms with van der Waals surface area (Å²) in [4.78, 5) is 23.7. The van der Waals surface area contributed by atoms with Gasteiger partial charge in [-0.2, -0.15) is 0 Å². The van der Waals surface area contributed by atoms with Crippen molar-refractivity contribution in [2.75, 3.05) is 0 Å². The van der Waals surface area contributed by atoms with Gasteiger partial charge in [-0.05, 0) is 11.8 Å². The second kappa shape index (κ2) is 6.18. The fourth-order valence-corrected chi connectivity index (χ4v) is 2.01. The largest absolute Gasteiger partial charge is 0.296 e. The topological polar surface area (TPSA) is 46.2 Å². The van der Waals surface area contributed by atoms with Gasteiger partial charge in [-0.15, -0.1) is 0 Å². The van der Waals surface area contributed by atoms with Crippen molar-refractivity contribution >= 4 is 11.8 Å². The van der Waals surface area contributed by atoms with Gasteiger partial charge in [0.15, 0.2) is 0 Å². The Morgan fingerprint density at radius 1 is 1.12 bits per heavy atom. The van der Waals surface area contributed by atoms with Crippen LogP contribution in [-0.4, -0.2) is 11.8 Å². The molecule has 0 spiro atoms. The Kier molecular flexibility index (Phi) is 5.86. The van der Waals surface area contributed by atoms with E-state index in [9.17, 15) is 9.59 Å². The van der Waals surface area contributed by atoms with Gasteiger partial charge in [0.2, 0.25) is 11.8 Å². The van der Waals surface area contributed by atoms with Gasteiger partial charge >= 0.3 is 0 Å². The molecule has 0 saturated heterocycles. The standard InChI is InChI=1S/C14H27NO2/c1-8-11(9(2)3)10(4)12(16)15-13(17)14(5,6)7/h9-11H,8H2,1-7H3,(H,15,16,17)/t10-,11+/m1/s1. The number of carbonyl (C=O) groups excluding carboxylic acids is 2. The van der Waals surface area contributed by atoms with Crippen molar-refractivity contribution in [2.45, 2.75) is 54.9 Å². The minimum absolute atomic E-state index is 0.119. The van der Waals surface area contributed by atoms with E-state index >= 15 is 0 Å². The highest BCUT2D eigenvalue weighted by atomic mass is 16.2. The molecule has 0 bridgehead atoms. The molecular formula is C14H27NO2. The zero-order chi connectivity index (χ0) is 13.8. The summed E-state index contributed by atoms with van der Waals surface area (Å²) in [6.07, 6.45) is 0.954. The monoisotopic (exact) mass is 241 g/mol. The van der Waals surface area contributed by atoms with Crippen LogP contribution >= 0.6 is 0 Å². The normalized spacial score (nSPS) is 15.5. The molecule has 17 heavy (non-hydrogen) atoms. The molecule has 0 aromatic rings. The van der Waals surface area contributed by atoms with Gasteiger partial charge < -0.3 is 0 Å². The minimum atomic E-state index is -0.519. The quantitative estimate of drug-likeness (QED) is 0.822. The summed E-state index contributed by atoms with van der Waals surface area (Å²) in [5.74, 6) is 0.304. The van der Waals surface area contributed by atoms with Crippen molar-refractivity contribution < 1.29 is 9.59 Å². The average Bonchev–Trinajstić information content (AvgIpc) is 2.16. The molecule has 0 fully saturated rings. The molecule has 0 heterocycles. The first-order valence-electron chi connectivity index (χ1n) is 6.46. The van der Waals surface area contributed by atoms with Crippen LogP contribution < -0.4 is 5.32 Å². The Hall–Kier alpha value is -0.860. The van der Waals surface area contributed by atoms with E-state index in [-0.39, 0.29) is 17.7 Å². The van der Waals surface area contributed by atoms with Gasteiger partial charge in [0.05, 0.1) is 0 Å². The van der Waals surface area contributed by atoms with E-state index in [0.29, 0.717) is 11.8 Å². The molecule has 100 valence electrons. The van der Waals surface area contributed by atoms with Crippen molar-refractivity contribution in [3.05, 3.63) is 0 Å². The van der Waals surface area contributed by atoms with E-state index in [2.05, 4.69) is 26.1 Å². The van der Waals surface area contributed by atoms with Crippen molar-refractivity contribution in [3.63, 3.8) is 0 Å². The summed E-state index contributed by atoms with van der Waals surface area (Å²) in [6.45, 7) is 13.6. The van der Waals surface area contributed by atoms with Crippen LogP contribution in [0.1, 0.15) is 54.9 Å². The maximum Gasteiger partial charge on any atom is 0.231 e. The third kappa shape index (κ3) is 4.88. The number of carbonyl (C=O) groups is 2. The van der Waals surface area contributed by atoms with Gasteiger partial charge in [0, 0.05) is 11.3 Å². The molecule has 0 aliphatic carbocycles. The first-order chi connectivity index (χ1) is 7.61. The molecule has 2 atom stereocenters. The maximum atomic E-state index is 12.0. The molecular weight excluding hydrogens is 214 g/mol. The van der Waals surface area contributed by atoms with Gasteiger partial charge in [-0.25, -0.2) is 0 Å². The van der Waals surface area contributed by atoms with Crippen molar-refractivity contribution in [2.24, 2.45) is 23.2 Å². The predicted octanol–water partition coefficient (Wildman–Crippen LogP) is 2.99. The van der Waals surface area contributed by atoms with Crippen molar-refractivity contribution in [3.8, 4) is 0 Å². The SMILES string of the molecule is CC[C@@H](C(C)C)[C@@H](C)C(=O)NC(=O)C(C)(C)C. The summed E-state index contributed by atoms with van der Waals surface area (Å²) < 4.78 is 0. The lowest BCUT2D eigenvalue weighted by molar-refractivity contribution is -0.137. The van der Waals surface area contributed by atoms with Gasteiger partial charge in [0.25, 0.3) is 0 Å². The fourth-order valence-electron chi connectivity index (χ4n) is 2.01. The number of rotatable bonds is 4. The van der Waals surface area contributed by atoms with Crippen LogP contribution in [0.15, 0.2) is 0 Å². The number of hydrogen-bond donors (Lipinski definition) is 1. The van der Waals surface area contributed by atoms with Crippen LogP contribution in [0.3, 0.4) is 0 Å².